The molecule has 0 saturated heterocycles. The fourth-order valence-electron chi connectivity index (χ4n) is 1.70. The van der Waals surface area contributed by atoms with Gasteiger partial charge in [0, 0.05) is 12.2 Å². The molecular formula is C19H32O8. The molecule has 0 saturated carbocycles. The first-order valence-corrected chi connectivity index (χ1v) is 8.89. The van der Waals surface area contributed by atoms with Gasteiger partial charge in [0.2, 0.25) is 0 Å². The molecule has 0 bridgehead atoms. The smallest absolute Gasteiger partial charge is 0.330 e. The molecule has 8 nitrogen and oxygen atoms in total. The predicted molar refractivity (Wildman–Crippen MR) is 99.4 cm³/mol. The van der Waals surface area contributed by atoms with Gasteiger partial charge in [-0.05, 0) is 20.8 Å². The fourth-order valence-corrected chi connectivity index (χ4v) is 1.70. The van der Waals surface area contributed by atoms with Crippen molar-refractivity contribution in [1.82, 2.24) is 0 Å². The topological polar surface area (TPSA) is 89.5 Å². The van der Waals surface area contributed by atoms with Crippen LogP contribution in [-0.4, -0.2) is 76.5 Å². The van der Waals surface area contributed by atoms with E-state index < -0.39 is 11.9 Å². The average molecular weight is 388 g/mol. The molecule has 0 aromatic carbocycles. The normalized spacial score (nSPS) is 14.0. The molecule has 27 heavy (non-hydrogen) atoms. The van der Waals surface area contributed by atoms with Crippen molar-refractivity contribution in [2.45, 2.75) is 39.1 Å². The Bertz CT molecular complexity index is 437. The molecule has 0 aliphatic rings. The maximum atomic E-state index is 10.9. The number of hydrogen-bond donors (Lipinski definition) is 0. The fraction of sp³-hybridized carbons (Fsp3) is 0.684. The Morgan fingerprint density at radius 3 is 1.67 bits per heavy atom. The number of hydrogen-bond acceptors (Lipinski definition) is 8. The Kier molecular flexibility index (Phi) is 15.4. The third-order valence-electron chi connectivity index (χ3n) is 3.12. The van der Waals surface area contributed by atoms with E-state index in [1.807, 2.05) is 20.8 Å². The Labute approximate surface area is 161 Å². The molecule has 0 aromatic heterocycles. The molecule has 3 unspecified atom stereocenters. The number of esters is 2. The largest absolute Gasteiger partial charge is 0.460 e. The van der Waals surface area contributed by atoms with Crippen LogP contribution >= 0.6 is 0 Å². The van der Waals surface area contributed by atoms with Crippen LogP contribution in [-0.2, 0) is 38.0 Å². The summed E-state index contributed by atoms with van der Waals surface area (Å²) in [4.78, 5) is 21.7. The summed E-state index contributed by atoms with van der Waals surface area (Å²) in [6.07, 6.45) is 1.87. The summed E-state index contributed by atoms with van der Waals surface area (Å²) in [5, 5.41) is 0. The average Bonchev–Trinajstić information content (AvgIpc) is 2.67. The second-order valence-corrected chi connectivity index (χ2v) is 5.79. The van der Waals surface area contributed by atoms with Crippen LogP contribution in [0.5, 0.6) is 0 Å². The van der Waals surface area contributed by atoms with Crippen molar-refractivity contribution in [3.8, 4) is 0 Å². The quantitative estimate of drug-likeness (QED) is 0.211. The molecule has 0 aliphatic carbocycles. The molecule has 156 valence electrons. The summed E-state index contributed by atoms with van der Waals surface area (Å²) in [7, 11) is 0. The number of ether oxygens (including phenoxy) is 6. The van der Waals surface area contributed by atoms with Gasteiger partial charge in [0.1, 0.15) is 13.2 Å². The lowest BCUT2D eigenvalue weighted by Crippen LogP contribution is -2.27. The molecule has 0 fully saturated rings. The Hall–Kier alpha value is -1.74. The lowest BCUT2D eigenvalue weighted by Gasteiger charge is -2.20. The van der Waals surface area contributed by atoms with Gasteiger partial charge >= 0.3 is 11.9 Å². The molecule has 0 N–H and O–H groups in total. The Morgan fingerprint density at radius 2 is 1.15 bits per heavy atom. The van der Waals surface area contributed by atoms with E-state index in [9.17, 15) is 9.59 Å². The summed E-state index contributed by atoms with van der Waals surface area (Å²) >= 11 is 0. The van der Waals surface area contributed by atoms with Gasteiger partial charge < -0.3 is 28.4 Å². The molecule has 8 heteroatoms. The molecule has 0 rings (SSSR count). The van der Waals surface area contributed by atoms with Crippen LogP contribution in [0, 0.1) is 0 Å². The third kappa shape index (κ3) is 16.2. The third-order valence-corrected chi connectivity index (χ3v) is 3.12. The van der Waals surface area contributed by atoms with Crippen LogP contribution in [0.3, 0.4) is 0 Å². The van der Waals surface area contributed by atoms with E-state index in [2.05, 4.69) is 13.2 Å². The van der Waals surface area contributed by atoms with Gasteiger partial charge in [-0.1, -0.05) is 13.2 Å². The van der Waals surface area contributed by atoms with Gasteiger partial charge in [0.15, 0.2) is 0 Å². The zero-order valence-corrected chi connectivity index (χ0v) is 16.5. The van der Waals surface area contributed by atoms with Crippen molar-refractivity contribution in [2.24, 2.45) is 0 Å². The van der Waals surface area contributed by atoms with Gasteiger partial charge in [0.25, 0.3) is 0 Å². The van der Waals surface area contributed by atoms with Crippen LogP contribution in [0.2, 0.25) is 0 Å². The zero-order chi connectivity index (χ0) is 20.5. The number of rotatable bonds is 17. The molecule has 0 spiro atoms. The number of carbonyl (C=O) groups excluding carboxylic acids is 2. The molecule has 0 aliphatic heterocycles. The van der Waals surface area contributed by atoms with E-state index in [1.165, 1.54) is 0 Å². The van der Waals surface area contributed by atoms with E-state index in [0.29, 0.717) is 33.0 Å². The highest BCUT2D eigenvalue weighted by molar-refractivity contribution is 5.81. The lowest BCUT2D eigenvalue weighted by atomic mass is 10.4. The van der Waals surface area contributed by atoms with E-state index >= 15 is 0 Å². The highest BCUT2D eigenvalue weighted by Gasteiger charge is 2.10. The summed E-state index contributed by atoms with van der Waals surface area (Å²) < 4.78 is 31.7. The molecule has 0 amide bonds. The van der Waals surface area contributed by atoms with E-state index in [-0.39, 0.29) is 31.5 Å². The molecule has 0 radical (unpaired) electrons. The summed E-state index contributed by atoms with van der Waals surface area (Å²) in [5.41, 5.74) is 0. The maximum absolute atomic E-state index is 10.9. The number of carbonyl (C=O) groups is 2. The Balaban J connectivity index is 3.61. The van der Waals surface area contributed by atoms with Crippen molar-refractivity contribution in [3.05, 3.63) is 25.3 Å². The second-order valence-electron chi connectivity index (χ2n) is 5.79. The van der Waals surface area contributed by atoms with Gasteiger partial charge in [-0.25, -0.2) is 9.59 Å². The summed E-state index contributed by atoms with van der Waals surface area (Å²) in [6.45, 7) is 14.5. The molecule has 0 heterocycles. The van der Waals surface area contributed by atoms with Crippen LogP contribution in [0.4, 0.5) is 0 Å². The zero-order valence-electron chi connectivity index (χ0n) is 16.5. The van der Waals surface area contributed by atoms with Crippen molar-refractivity contribution in [2.75, 3.05) is 46.2 Å². The lowest BCUT2D eigenvalue weighted by molar-refractivity contribution is -0.141. The SMILES string of the molecule is C=CC(=O)OCCOCC(C)OCC(C)OCC(C)OCCOC(=O)C=C. The Morgan fingerprint density at radius 1 is 0.704 bits per heavy atom. The van der Waals surface area contributed by atoms with Crippen LogP contribution in [0.15, 0.2) is 25.3 Å². The van der Waals surface area contributed by atoms with Crippen molar-refractivity contribution < 1.29 is 38.0 Å². The van der Waals surface area contributed by atoms with Crippen LogP contribution in [0.25, 0.3) is 0 Å². The molecular weight excluding hydrogens is 356 g/mol. The van der Waals surface area contributed by atoms with Gasteiger partial charge in [-0.15, -0.1) is 0 Å². The van der Waals surface area contributed by atoms with Crippen LogP contribution in [0.1, 0.15) is 20.8 Å². The summed E-state index contributed by atoms with van der Waals surface area (Å²) in [6, 6.07) is 0. The highest BCUT2D eigenvalue weighted by atomic mass is 16.6. The molecule has 3 atom stereocenters. The van der Waals surface area contributed by atoms with E-state index in [4.69, 9.17) is 28.4 Å². The highest BCUT2D eigenvalue weighted by Crippen LogP contribution is 2.01. The van der Waals surface area contributed by atoms with Crippen LogP contribution < -0.4 is 0 Å². The predicted octanol–water partition coefficient (Wildman–Crippen LogP) is 1.68. The first kappa shape index (κ1) is 25.3. The van der Waals surface area contributed by atoms with Gasteiger partial charge in [0.05, 0.1) is 51.3 Å². The minimum Gasteiger partial charge on any atom is -0.460 e. The minimum atomic E-state index is -0.468. The molecule has 0 aromatic rings. The summed E-state index contributed by atoms with van der Waals surface area (Å²) in [5.74, 6) is -0.936. The van der Waals surface area contributed by atoms with Crippen molar-refractivity contribution in [1.29, 1.82) is 0 Å². The standard InChI is InChI=1S/C19H32O8/c1-6-18(20)24-9-8-22-12-15(3)26-14-17(5)27-13-16(4)23-10-11-25-19(21)7-2/h6-7,15-17H,1-2,8-14H2,3-5H3. The maximum Gasteiger partial charge on any atom is 0.330 e. The van der Waals surface area contributed by atoms with E-state index in [0.717, 1.165) is 12.2 Å². The minimum absolute atomic E-state index is 0.106. The van der Waals surface area contributed by atoms with Gasteiger partial charge in [-0.3, -0.25) is 0 Å². The van der Waals surface area contributed by atoms with Crippen molar-refractivity contribution in [3.63, 3.8) is 0 Å². The second kappa shape index (κ2) is 16.4. The first-order valence-electron chi connectivity index (χ1n) is 8.89. The van der Waals surface area contributed by atoms with Gasteiger partial charge in [-0.2, -0.15) is 0 Å². The van der Waals surface area contributed by atoms with Crippen molar-refractivity contribution >= 4 is 11.9 Å². The van der Waals surface area contributed by atoms with E-state index in [1.54, 1.807) is 0 Å². The monoisotopic (exact) mass is 388 g/mol. The first-order chi connectivity index (χ1) is 12.9.